The van der Waals surface area contributed by atoms with Gasteiger partial charge in [0.05, 0.1) is 12.6 Å². The van der Waals surface area contributed by atoms with Crippen LogP contribution in [0.1, 0.15) is 5.56 Å². The SMILES string of the molecule is Cl.OC(CNCc1ccccc1)Cn1c2ccccc2c2ccccc21. The van der Waals surface area contributed by atoms with Gasteiger partial charge in [0.1, 0.15) is 0 Å². The number of halogens is 1. The van der Waals surface area contributed by atoms with Crippen LogP contribution in [0, 0.1) is 0 Å². The summed E-state index contributed by atoms with van der Waals surface area (Å²) in [7, 11) is 0. The first-order valence-corrected chi connectivity index (χ1v) is 8.71. The molecule has 0 bridgehead atoms. The fourth-order valence-corrected chi connectivity index (χ4v) is 3.45. The zero-order valence-electron chi connectivity index (χ0n) is 14.5. The van der Waals surface area contributed by atoms with Gasteiger partial charge in [-0.2, -0.15) is 0 Å². The maximum absolute atomic E-state index is 10.5. The number of hydrogen-bond donors (Lipinski definition) is 2. The molecule has 0 amide bonds. The number of aliphatic hydroxyl groups excluding tert-OH is 1. The van der Waals surface area contributed by atoms with Crippen LogP contribution in [0.3, 0.4) is 0 Å². The van der Waals surface area contributed by atoms with Crippen molar-refractivity contribution < 1.29 is 5.11 Å². The molecule has 1 aromatic heterocycles. The molecule has 1 atom stereocenters. The van der Waals surface area contributed by atoms with Crippen molar-refractivity contribution in [2.24, 2.45) is 0 Å². The first kappa shape index (κ1) is 18.5. The summed E-state index contributed by atoms with van der Waals surface area (Å²) in [5.41, 5.74) is 3.57. The van der Waals surface area contributed by atoms with E-state index in [1.54, 1.807) is 0 Å². The number of aliphatic hydroxyl groups is 1. The van der Waals surface area contributed by atoms with E-state index in [0.29, 0.717) is 13.1 Å². The fraction of sp³-hybridized carbons (Fsp3) is 0.182. The van der Waals surface area contributed by atoms with Crippen LogP contribution in [-0.4, -0.2) is 22.3 Å². The Morgan fingerprint density at radius 2 is 1.31 bits per heavy atom. The standard InChI is InChI=1S/C22H22N2O.ClH/c25-18(15-23-14-17-8-2-1-3-9-17)16-24-21-12-6-4-10-19(21)20-11-5-7-13-22(20)24;/h1-13,18,23,25H,14-16H2;1H. The Labute approximate surface area is 159 Å². The van der Waals surface area contributed by atoms with Crippen LogP contribution in [0.4, 0.5) is 0 Å². The molecule has 1 unspecified atom stereocenters. The van der Waals surface area contributed by atoms with Gasteiger partial charge in [-0.25, -0.2) is 0 Å². The van der Waals surface area contributed by atoms with E-state index in [1.165, 1.54) is 27.4 Å². The number of rotatable bonds is 6. The highest BCUT2D eigenvalue weighted by Crippen LogP contribution is 2.28. The van der Waals surface area contributed by atoms with Gasteiger partial charge in [-0.05, 0) is 17.7 Å². The van der Waals surface area contributed by atoms with Crippen molar-refractivity contribution in [2.45, 2.75) is 19.2 Å². The quantitative estimate of drug-likeness (QED) is 0.531. The Balaban J connectivity index is 0.00000196. The second-order valence-electron chi connectivity index (χ2n) is 6.42. The third-order valence-corrected chi connectivity index (χ3v) is 4.63. The number of hydrogen-bond acceptors (Lipinski definition) is 2. The van der Waals surface area contributed by atoms with E-state index in [2.05, 4.69) is 70.5 Å². The topological polar surface area (TPSA) is 37.2 Å². The molecule has 4 aromatic rings. The molecule has 1 heterocycles. The monoisotopic (exact) mass is 366 g/mol. The minimum atomic E-state index is -0.442. The lowest BCUT2D eigenvalue weighted by molar-refractivity contribution is 0.154. The zero-order valence-corrected chi connectivity index (χ0v) is 15.3. The van der Waals surface area contributed by atoms with E-state index in [0.717, 1.165) is 6.54 Å². The summed E-state index contributed by atoms with van der Waals surface area (Å²) in [6.45, 7) is 1.91. The van der Waals surface area contributed by atoms with Gasteiger partial charge in [0, 0.05) is 34.9 Å². The zero-order chi connectivity index (χ0) is 17.1. The molecular formula is C22H23ClN2O. The number of nitrogens with one attached hydrogen (secondary N) is 1. The number of fused-ring (bicyclic) bond motifs is 3. The number of para-hydroxylation sites is 2. The highest BCUT2D eigenvalue weighted by atomic mass is 35.5. The smallest absolute Gasteiger partial charge is 0.0843 e. The van der Waals surface area contributed by atoms with Crippen molar-refractivity contribution in [3.8, 4) is 0 Å². The van der Waals surface area contributed by atoms with Crippen LogP contribution < -0.4 is 5.32 Å². The van der Waals surface area contributed by atoms with Gasteiger partial charge in [-0.15, -0.1) is 12.4 Å². The molecule has 4 heteroatoms. The van der Waals surface area contributed by atoms with E-state index in [1.807, 2.05) is 18.2 Å². The molecule has 3 aromatic carbocycles. The largest absolute Gasteiger partial charge is 0.390 e. The predicted molar refractivity (Wildman–Crippen MR) is 111 cm³/mol. The van der Waals surface area contributed by atoms with E-state index in [4.69, 9.17) is 0 Å². The molecule has 0 saturated carbocycles. The van der Waals surface area contributed by atoms with Crippen molar-refractivity contribution in [1.29, 1.82) is 0 Å². The molecule has 0 radical (unpaired) electrons. The molecule has 0 spiro atoms. The number of benzene rings is 3. The van der Waals surface area contributed by atoms with Gasteiger partial charge in [0.25, 0.3) is 0 Å². The van der Waals surface area contributed by atoms with Crippen LogP contribution in [0.5, 0.6) is 0 Å². The van der Waals surface area contributed by atoms with Crippen molar-refractivity contribution >= 4 is 34.2 Å². The van der Waals surface area contributed by atoms with Crippen molar-refractivity contribution in [2.75, 3.05) is 6.54 Å². The Kier molecular flexibility index (Phi) is 5.94. The minimum absolute atomic E-state index is 0. The lowest BCUT2D eigenvalue weighted by Crippen LogP contribution is -2.29. The Hall–Kier alpha value is -2.33. The molecule has 0 saturated heterocycles. The van der Waals surface area contributed by atoms with Gasteiger partial charge in [0.15, 0.2) is 0 Å². The summed E-state index contributed by atoms with van der Waals surface area (Å²) in [5.74, 6) is 0. The average Bonchev–Trinajstić information content (AvgIpc) is 2.97. The molecular weight excluding hydrogens is 344 g/mol. The first-order chi connectivity index (χ1) is 12.3. The van der Waals surface area contributed by atoms with Crippen LogP contribution in [-0.2, 0) is 13.1 Å². The van der Waals surface area contributed by atoms with E-state index >= 15 is 0 Å². The van der Waals surface area contributed by atoms with Crippen molar-refractivity contribution in [3.05, 3.63) is 84.4 Å². The molecule has 4 rings (SSSR count). The van der Waals surface area contributed by atoms with E-state index in [-0.39, 0.29) is 12.4 Å². The van der Waals surface area contributed by atoms with Crippen LogP contribution in [0.15, 0.2) is 78.9 Å². The average molecular weight is 367 g/mol. The van der Waals surface area contributed by atoms with E-state index < -0.39 is 6.10 Å². The van der Waals surface area contributed by atoms with E-state index in [9.17, 15) is 5.11 Å². The summed E-state index contributed by atoms with van der Waals surface area (Å²) in [6, 6.07) is 27.0. The second kappa shape index (κ2) is 8.37. The van der Waals surface area contributed by atoms with Crippen LogP contribution in [0.2, 0.25) is 0 Å². The normalized spacial score (nSPS) is 12.2. The van der Waals surface area contributed by atoms with Crippen LogP contribution in [0.25, 0.3) is 21.8 Å². The minimum Gasteiger partial charge on any atom is -0.390 e. The van der Waals surface area contributed by atoms with Crippen molar-refractivity contribution in [3.63, 3.8) is 0 Å². The lowest BCUT2D eigenvalue weighted by Gasteiger charge is -2.15. The highest BCUT2D eigenvalue weighted by molar-refractivity contribution is 6.07. The van der Waals surface area contributed by atoms with Gasteiger partial charge in [0.2, 0.25) is 0 Å². The second-order valence-corrected chi connectivity index (χ2v) is 6.42. The third-order valence-electron chi connectivity index (χ3n) is 4.63. The molecule has 26 heavy (non-hydrogen) atoms. The van der Waals surface area contributed by atoms with Gasteiger partial charge in [-0.3, -0.25) is 0 Å². The molecule has 134 valence electrons. The molecule has 3 nitrogen and oxygen atoms in total. The Morgan fingerprint density at radius 1 is 0.769 bits per heavy atom. The predicted octanol–water partition coefficient (Wildman–Crippen LogP) is 4.37. The molecule has 0 aliphatic carbocycles. The maximum Gasteiger partial charge on any atom is 0.0843 e. The summed E-state index contributed by atoms with van der Waals surface area (Å²) in [4.78, 5) is 0. The maximum atomic E-state index is 10.5. The molecule has 0 aliphatic heterocycles. The summed E-state index contributed by atoms with van der Waals surface area (Å²) in [6.07, 6.45) is -0.442. The summed E-state index contributed by atoms with van der Waals surface area (Å²) in [5, 5.41) is 16.4. The Bertz CT molecular complexity index is 928. The highest BCUT2D eigenvalue weighted by Gasteiger charge is 2.12. The Morgan fingerprint density at radius 3 is 1.92 bits per heavy atom. The van der Waals surface area contributed by atoms with Crippen molar-refractivity contribution in [1.82, 2.24) is 9.88 Å². The summed E-state index contributed by atoms with van der Waals surface area (Å²) < 4.78 is 2.22. The summed E-state index contributed by atoms with van der Waals surface area (Å²) >= 11 is 0. The van der Waals surface area contributed by atoms with Gasteiger partial charge in [-0.1, -0.05) is 66.7 Å². The molecule has 2 N–H and O–H groups in total. The van der Waals surface area contributed by atoms with Gasteiger partial charge < -0.3 is 15.0 Å². The first-order valence-electron chi connectivity index (χ1n) is 8.71. The fourth-order valence-electron chi connectivity index (χ4n) is 3.45. The number of nitrogens with zero attached hydrogens (tertiary/aromatic N) is 1. The van der Waals surface area contributed by atoms with Gasteiger partial charge >= 0.3 is 0 Å². The third kappa shape index (κ3) is 3.75. The number of aromatic nitrogens is 1. The molecule has 0 fully saturated rings. The van der Waals surface area contributed by atoms with Crippen LogP contribution >= 0.6 is 12.4 Å². The molecule has 0 aliphatic rings. The lowest BCUT2D eigenvalue weighted by atomic mass is 10.2.